The van der Waals surface area contributed by atoms with Gasteiger partial charge in [0.1, 0.15) is 11.3 Å². The van der Waals surface area contributed by atoms with E-state index in [-0.39, 0.29) is 5.91 Å². The standard InChI is InChI=1S/C22H20N6O/c1-13-23-11-15(12-24-13)14-5-7-17-19(9-14)28(21(29)22(17,2)3)16-6-8-18-20(10-16)27(4)26-25-18/h5-12H,1-4H3. The van der Waals surface area contributed by atoms with E-state index in [9.17, 15) is 4.79 Å². The molecule has 3 heterocycles. The average Bonchev–Trinajstić information content (AvgIpc) is 3.17. The molecule has 5 rings (SSSR count). The Bertz CT molecular complexity index is 1270. The number of benzene rings is 2. The van der Waals surface area contributed by atoms with Crippen LogP contribution in [0, 0.1) is 6.92 Å². The number of fused-ring (bicyclic) bond motifs is 2. The Morgan fingerprint density at radius 3 is 2.48 bits per heavy atom. The Balaban J connectivity index is 1.69. The molecule has 0 unspecified atom stereocenters. The Hall–Kier alpha value is -3.61. The minimum atomic E-state index is -0.614. The fourth-order valence-corrected chi connectivity index (χ4v) is 3.88. The predicted octanol–water partition coefficient (Wildman–Crippen LogP) is 3.69. The minimum Gasteiger partial charge on any atom is -0.280 e. The van der Waals surface area contributed by atoms with Gasteiger partial charge in [0.2, 0.25) is 5.91 Å². The Kier molecular flexibility index (Phi) is 3.58. The van der Waals surface area contributed by atoms with Gasteiger partial charge >= 0.3 is 0 Å². The van der Waals surface area contributed by atoms with Gasteiger partial charge < -0.3 is 0 Å². The van der Waals surface area contributed by atoms with Crippen molar-refractivity contribution in [1.29, 1.82) is 0 Å². The second-order valence-electron chi connectivity index (χ2n) is 7.90. The van der Waals surface area contributed by atoms with Crippen LogP contribution in [0.1, 0.15) is 25.2 Å². The molecule has 0 N–H and O–H groups in total. The number of anilines is 2. The predicted molar refractivity (Wildman–Crippen MR) is 111 cm³/mol. The van der Waals surface area contributed by atoms with Gasteiger partial charge in [-0.3, -0.25) is 9.69 Å². The molecule has 0 saturated heterocycles. The largest absolute Gasteiger partial charge is 0.280 e. The lowest BCUT2D eigenvalue weighted by Crippen LogP contribution is -2.33. The van der Waals surface area contributed by atoms with Crippen LogP contribution in [0.3, 0.4) is 0 Å². The van der Waals surface area contributed by atoms with E-state index in [1.54, 1.807) is 9.58 Å². The van der Waals surface area contributed by atoms with E-state index < -0.39 is 5.41 Å². The van der Waals surface area contributed by atoms with Crippen LogP contribution >= 0.6 is 0 Å². The van der Waals surface area contributed by atoms with Crippen LogP contribution < -0.4 is 4.90 Å². The molecule has 0 bridgehead atoms. The van der Waals surface area contributed by atoms with Crippen molar-refractivity contribution >= 4 is 28.3 Å². The van der Waals surface area contributed by atoms with Gasteiger partial charge in [-0.1, -0.05) is 17.3 Å². The highest BCUT2D eigenvalue weighted by Crippen LogP contribution is 2.47. The number of hydrogen-bond acceptors (Lipinski definition) is 5. The van der Waals surface area contributed by atoms with E-state index in [2.05, 4.69) is 20.3 Å². The van der Waals surface area contributed by atoms with Gasteiger partial charge in [0.15, 0.2) is 0 Å². The summed E-state index contributed by atoms with van der Waals surface area (Å²) in [5, 5.41) is 8.20. The van der Waals surface area contributed by atoms with Crippen molar-refractivity contribution in [2.75, 3.05) is 4.90 Å². The fraction of sp³-hybridized carbons (Fsp3) is 0.227. The number of hydrogen-bond donors (Lipinski definition) is 0. The third-order valence-corrected chi connectivity index (χ3v) is 5.62. The third kappa shape index (κ3) is 2.54. The summed E-state index contributed by atoms with van der Waals surface area (Å²) in [5.74, 6) is 0.769. The lowest BCUT2D eigenvalue weighted by Gasteiger charge is -2.20. The van der Waals surface area contributed by atoms with Crippen LogP contribution in [-0.4, -0.2) is 30.9 Å². The van der Waals surface area contributed by atoms with E-state index in [0.717, 1.165) is 44.9 Å². The molecule has 7 heteroatoms. The normalized spacial score (nSPS) is 15.2. The SMILES string of the molecule is Cc1ncc(-c2ccc3c(c2)N(c2ccc4nnn(C)c4c2)C(=O)C3(C)C)cn1. The Labute approximate surface area is 168 Å². The maximum absolute atomic E-state index is 13.4. The zero-order chi connectivity index (χ0) is 20.3. The minimum absolute atomic E-state index is 0.0410. The van der Waals surface area contributed by atoms with E-state index >= 15 is 0 Å². The van der Waals surface area contributed by atoms with E-state index in [4.69, 9.17) is 0 Å². The third-order valence-electron chi connectivity index (χ3n) is 5.62. The van der Waals surface area contributed by atoms with Crippen molar-refractivity contribution in [2.45, 2.75) is 26.2 Å². The first-order valence-electron chi connectivity index (χ1n) is 9.44. The number of aromatic nitrogens is 5. The maximum atomic E-state index is 13.4. The highest BCUT2D eigenvalue weighted by molar-refractivity contribution is 6.13. The van der Waals surface area contributed by atoms with Gasteiger partial charge in [-0.2, -0.15) is 0 Å². The summed E-state index contributed by atoms with van der Waals surface area (Å²) in [6.07, 6.45) is 3.62. The lowest BCUT2D eigenvalue weighted by atomic mass is 9.85. The molecule has 0 fully saturated rings. The molecule has 0 atom stereocenters. The highest BCUT2D eigenvalue weighted by Gasteiger charge is 2.44. The number of nitrogens with zero attached hydrogens (tertiary/aromatic N) is 6. The van der Waals surface area contributed by atoms with E-state index in [1.807, 2.05) is 76.6 Å². The number of carbonyl (C=O) groups is 1. The van der Waals surface area contributed by atoms with E-state index in [0.29, 0.717) is 0 Å². The van der Waals surface area contributed by atoms with Crippen molar-refractivity contribution in [3.63, 3.8) is 0 Å². The number of carbonyl (C=O) groups excluding carboxylic acids is 1. The molecular weight excluding hydrogens is 364 g/mol. The second kappa shape index (κ2) is 5.94. The summed E-state index contributed by atoms with van der Waals surface area (Å²) in [6, 6.07) is 11.9. The molecule has 4 aromatic rings. The first kappa shape index (κ1) is 17.5. The molecule has 0 saturated carbocycles. The molecule has 144 valence electrons. The molecule has 1 aliphatic heterocycles. The molecule has 2 aromatic carbocycles. The summed E-state index contributed by atoms with van der Waals surface area (Å²) in [4.78, 5) is 23.8. The number of aryl methyl sites for hydroxylation is 2. The fourth-order valence-electron chi connectivity index (χ4n) is 3.88. The summed E-state index contributed by atoms with van der Waals surface area (Å²) in [5.41, 5.74) is 5.64. The molecule has 1 aliphatic rings. The first-order chi connectivity index (χ1) is 13.9. The Morgan fingerprint density at radius 2 is 1.72 bits per heavy atom. The van der Waals surface area contributed by atoms with Gasteiger partial charge in [-0.15, -0.1) is 5.10 Å². The van der Waals surface area contributed by atoms with Crippen LogP contribution in [0.2, 0.25) is 0 Å². The van der Waals surface area contributed by atoms with Crippen LogP contribution in [0.5, 0.6) is 0 Å². The topological polar surface area (TPSA) is 76.8 Å². The monoisotopic (exact) mass is 384 g/mol. The van der Waals surface area contributed by atoms with Crippen molar-refractivity contribution in [3.8, 4) is 11.1 Å². The van der Waals surface area contributed by atoms with Crippen LogP contribution in [0.25, 0.3) is 22.2 Å². The second-order valence-corrected chi connectivity index (χ2v) is 7.90. The van der Waals surface area contributed by atoms with Crippen LogP contribution in [-0.2, 0) is 17.3 Å². The first-order valence-corrected chi connectivity index (χ1v) is 9.44. The Morgan fingerprint density at radius 1 is 0.966 bits per heavy atom. The van der Waals surface area contributed by atoms with Gasteiger partial charge in [0, 0.05) is 25.0 Å². The van der Waals surface area contributed by atoms with Gasteiger partial charge in [-0.05, 0) is 56.2 Å². The molecule has 2 aromatic heterocycles. The molecule has 0 spiro atoms. The van der Waals surface area contributed by atoms with Crippen molar-refractivity contribution in [2.24, 2.45) is 7.05 Å². The van der Waals surface area contributed by atoms with Crippen molar-refractivity contribution < 1.29 is 4.79 Å². The number of rotatable bonds is 2. The summed E-state index contributed by atoms with van der Waals surface area (Å²) < 4.78 is 1.71. The van der Waals surface area contributed by atoms with E-state index in [1.165, 1.54) is 0 Å². The molecule has 0 radical (unpaired) electrons. The highest BCUT2D eigenvalue weighted by atomic mass is 16.2. The summed E-state index contributed by atoms with van der Waals surface area (Å²) in [6.45, 7) is 5.79. The smallest absolute Gasteiger partial charge is 0.241 e. The molecule has 29 heavy (non-hydrogen) atoms. The zero-order valence-electron chi connectivity index (χ0n) is 16.7. The maximum Gasteiger partial charge on any atom is 0.241 e. The molecular formula is C22H20N6O. The van der Waals surface area contributed by atoms with Gasteiger partial charge in [0.25, 0.3) is 0 Å². The van der Waals surface area contributed by atoms with Gasteiger partial charge in [-0.25, -0.2) is 14.6 Å². The average molecular weight is 384 g/mol. The van der Waals surface area contributed by atoms with Crippen molar-refractivity contribution in [1.82, 2.24) is 25.0 Å². The van der Waals surface area contributed by atoms with Gasteiger partial charge in [0.05, 0.1) is 22.3 Å². The lowest BCUT2D eigenvalue weighted by molar-refractivity contribution is -0.121. The zero-order valence-corrected chi connectivity index (χ0v) is 16.7. The van der Waals surface area contributed by atoms with Crippen LogP contribution in [0.4, 0.5) is 11.4 Å². The quantitative estimate of drug-likeness (QED) is 0.527. The van der Waals surface area contributed by atoms with Crippen molar-refractivity contribution in [3.05, 3.63) is 60.2 Å². The number of amides is 1. The molecule has 7 nitrogen and oxygen atoms in total. The molecule has 1 amide bonds. The summed E-state index contributed by atoms with van der Waals surface area (Å²) >= 11 is 0. The summed E-state index contributed by atoms with van der Waals surface area (Å²) in [7, 11) is 1.85. The van der Waals surface area contributed by atoms with Crippen LogP contribution in [0.15, 0.2) is 48.8 Å². The molecule has 0 aliphatic carbocycles.